The topological polar surface area (TPSA) is 62.6 Å². The molecule has 0 saturated carbocycles. The summed E-state index contributed by atoms with van der Waals surface area (Å²) in [4.78, 5) is 16.1. The second-order valence-corrected chi connectivity index (χ2v) is 6.20. The number of carbonyl (C=O) groups is 1. The Kier molecular flexibility index (Phi) is 4.06. The van der Waals surface area contributed by atoms with Crippen LogP contribution in [0, 0.1) is 0 Å². The zero-order valence-corrected chi connectivity index (χ0v) is 14.9. The molecule has 23 heavy (non-hydrogen) atoms. The SMILES string of the molecule is COc1cc2c(cc1OC(C)C)-n1c(Br)nc(C(C)=O)c1CO2. The number of imidazole rings is 1. The van der Waals surface area contributed by atoms with Crippen LogP contribution in [0.5, 0.6) is 17.2 Å². The van der Waals surface area contributed by atoms with Crippen molar-refractivity contribution in [3.63, 3.8) is 0 Å². The van der Waals surface area contributed by atoms with E-state index in [4.69, 9.17) is 14.2 Å². The molecule has 7 heteroatoms. The maximum Gasteiger partial charge on any atom is 0.182 e. The number of benzene rings is 1. The minimum absolute atomic E-state index is 0.00457. The van der Waals surface area contributed by atoms with E-state index >= 15 is 0 Å². The van der Waals surface area contributed by atoms with Gasteiger partial charge in [-0.2, -0.15) is 0 Å². The van der Waals surface area contributed by atoms with Crippen LogP contribution in [0.3, 0.4) is 0 Å². The van der Waals surface area contributed by atoms with E-state index in [2.05, 4.69) is 20.9 Å². The van der Waals surface area contributed by atoms with Crippen molar-refractivity contribution in [2.45, 2.75) is 33.5 Å². The van der Waals surface area contributed by atoms with Crippen molar-refractivity contribution < 1.29 is 19.0 Å². The fourth-order valence-corrected chi connectivity index (χ4v) is 3.14. The van der Waals surface area contributed by atoms with Crippen LogP contribution >= 0.6 is 15.9 Å². The number of ketones is 1. The van der Waals surface area contributed by atoms with E-state index in [0.717, 1.165) is 11.4 Å². The summed E-state index contributed by atoms with van der Waals surface area (Å²) >= 11 is 3.42. The van der Waals surface area contributed by atoms with Gasteiger partial charge in [0.25, 0.3) is 0 Å². The van der Waals surface area contributed by atoms with E-state index in [1.54, 1.807) is 13.2 Å². The summed E-state index contributed by atoms with van der Waals surface area (Å²) in [6.45, 7) is 5.66. The van der Waals surface area contributed by atoms with Crippen molar-refractivity contribution in [1.29, 1.82) is 0 Å². The zero-order chi connectivity index (χ0) is 16.7. The predicted octanol–water partition coefficient (Wildman–Crippen LogP) is 3.53. The molecular formula is C16H17BrN2O4. The van der Waals surface area contributed by atoms with Gasteiger partial charge in [-0.1, -0.05) is 0 Å². The Morgan fingerprint density at radius 3 is 2.74 bits per heavy atom. The van der Waals surface area contributed by atoms with Gasteiger partial charge in [0, 0.05) is 19.1 Å². The maximum atomic E-state index is 11.8. The van der Waals surface area contributed by atoms with Gasteiger partial charge in [0.05, 0.1) is 24.6 Å². The summed E-state index contributed by atoms with van der Waals surface area (Å²) in [6, 6.07) is 3.63. The minimum atomic E-state index is -0.0985. The third kappa shape index (κ3) is 2.69. The molecule has 0 aliphatic carbocycles. The lowest BCUT2D eigenvalue weighted by molar-refractivity contribution is 0.101. The normalized spacial score (nSPS) is 12.4. The molecule has 1 aliphatic rings. The molecule has 3 rings (SSSR count). The summed E-state index contributed by atoms with van der Waals surface area (Å²) in [5.74, 6) is 1.77. The summed E-state index contributed by atoms with van der Waals surface area (Å²) in [5.41, 5.74) is 1.89. The third-order valence-electron chi connectivity index (χ3n) is 3.48. The molecule has 2 aromatic rings. The highest BCUT2D eigenvalue weighted by Crippen LogP contribution is 2.42. The van der Waals surface area contributed by atoms with Crippen LogP contribution in [0.1, 0.15) is 37.0 Å². The van der Waals surface area contributed by atoms with Gasteiger partial charge in [-0.15, -0.1) is 0 Å². The second kappa shape index (κ2) is 5.88. The molecule has 0 amide bonds. The van der Waals surface area contributed by atoms with E-state index in [1.165, 1.54) is 6.92 Å². The molecule has 0 fully saturated rings. The van der Waals surface area contributed by atoms with Crippen molar-refractivity contribution in [1.82, 2.24) is 9.55 Å². The number of fused-ring (bicyclic) bond motifs is 3. The van der Waals surface area contributed by atoms with Crippen molar-refractivity contribution in [3.8, 4) is 22.9 Å². The molecule has 2 heterocycles. The molecule has 122 valence electrons. The molecule has 0 saturated heterocycles. The lowest BCUT2D eigenvalue weighted by Crippen LogP contribution is -2.16. The van der Waals surface area contributed by atoms with Gasteiger partial charge >= 0.3 is 0 Å². The monoisotopic (exact) mass is 380 g/mol. The van der Waals surface area contributed by atoms with E-state index in [1.807, 2.05) is 24.5 Å². The van der Waals surface area contributed by atoms with Crippen molar-refractivity contribution in [3.05, 3.63) is 28.3 Å². The van der Waals surface area contributed by atoms with Crippen LogP contribution in [-0.4, -0.2) is 28.5 Å². The second-order valence-electron chi connectivity index (χ2n) is 5.49. The van der Waals surface area contributed by atoms with E-state index in [-0.39, 0.29) is 18.5 Å². The van der Waals surface area contributed by atoms with Crippen LogP contribution in [-0.2, 0) is 6.61 Å². The summed E-state index contributed by atoms with van der Waals surface area (Å²) in [5, 5.41) is 0. The molecule has 6 nitrogen and oxygen atoms in total. The lowest BCUT2D eigenvalue weighted by Gasteiger charge is -2.23. The first-order chi connectivity index (χ1) is 10.9. The third-order valence-corrected chi connectivity index (χ3v) is 4.01. The molecule has 0 N–H and O–H groups in total. The number of nitrogens with zero attached hydrogens (tertiary/aromatic N) is 2. The highest BCUT2D eigenvalue weighted by atomic mass is 79.9. The zero-order valence-electron chi connectivity index (χ0n) is 13.3. The van der Waals surface area contributed by atoms with E-state index < -0.39 is 0 Å². The Bertz CT molecular complexity index is 783. The van der Waals surface area contributed by atoms with Crippen LogP contribution in [0.4, 0.5) is 0 Å². The fraction of sp³-hybridized carbons (Fsp3) is 0.375. The Morgan fingerprint density at radius 1 is 1.39 bits per heavy atom. The number of methoxy groups -OCH3 is 1. The van der Waals surface area contributed by atoms with Crippen molar-refractivity contribution in [2.75, 3.05) is 7.11 Å². The minimum Gasteiger partial charge on any atom is -0.493 e. The Balaban J connectivity index is 2.20. The Morgan fingerprint density at radius 2 is 2.13 bits per heavy atom. The van der Waals surface area contributed by atoms with E-state index in [9.17, 15) is 4.79 Å². The average Bonchev–Trinajstić information content (AvgIpc) is 2.83. The average molecular weight is 381 g/mol. The Labute approximate surface area is 142 Å². The first kappa shape index (κ1) is 15.9. The number of aromatic nitrogens is 2. The van der Waals surface area contributed by atoms with Crippen LogP contribution in [0.2, 0.25) is 0 Å². The standard InChI is InChI=1S/C16H17BrN2O4/c1-8(2)23-14-5-10-12(6-13(14)21-4)22-7-11-15(9(3)20)18-16(17)19(10)11/h5-6,8H,7H2,1-4H3. The van der Waals surface area contributed by atoms with Crippen molar-refractivity contribution in [2.24, 2.45) is 0 Å². The largest absolute Gasteiger partial charge is 0.493 e. The van der Waals surface area contributed by atoms with Gasteiger partial charge in [-0.05, 0) is 29.8 Å². The smallest absolute Gasteiger partial charge is 0.182 e. The van der Waals surface area contributed by atoms with Gasteiger partial charge in [0.15, 0.2) is 22.0 Å². The van der Waals surface area contributed by atoms with Crippen LogP contribution < -0.4 is 14.2 Å². The van der Waals surface area contributed by atoms with Gasteiger partial charge in [-0.3, -0.25) is 9.36 Å². The quantitative estimate of drug-likeness (QED) is 0.759. The van der Waals surface area contributed by atoms with Gasteiger partial charge in [-0.25, -0.2) is 4.98 Å². The molecule has 0 atom stereocenters. The molecule has 1 aromatic carbocycles. The fourth-order valence-electron chi connectivity index (χ4n) is 2.56. The van der Waals surface area contributed by atoms with Crippen molar-refractivity contribution >= 4 is 21.7 Å². The number of Topliss-reactive ketones (excluding diaryl/α,β-unsaturated/α-hetero) is 1. The van der Waals surface area contributed by atoms with Gasteiger partial charge < -0.3 is 14.2 Å². The molecule has 1 aliphatic heterocycles. The first-order valence-corrected chi connectivity index (χ1v) is 8.01. The van der Waals surface area contributed by atoms with Crippen LogP contribution in [0.15, 0.2) is 16.9 Å². The molecule has 0 unspecified atom stereocenters. The maximum absolute atomic E-state index is 11.8. The number of halogens is 1. The van der Waals surface area contributed by atoms with E-state index in [0.29, 0.717) is 27.7 Å². The molecule has 0 spiro atoms. The van der Waals surface area contributed by atoms with Crippen LogP contribution in [0.25, 0.3) is 5.69 Å². The summed E-state index contributed by atoms with van der Waals surface area (Å²) in [6.07, 6.45) is 0.00457. The Hall–Kier alpha value is -2.02. The number of hydrogen-bond acceptors (Lipinski definition) is 5. The predicted molar refractivity (Wildman–Crippen MR) is 87.9 cm³/mol. The molecule has 0 bridgehead atoms. The number of ether oxygens (including phenoxy) is 3. The first-order valence-electron chi connectivity index (χ1n) is 7.22. The highest BCUT2D eigenvalue weighted by Gasteiger charge is 2.28. The summed E-state index contributed by atoms with van der Waals surface area (Å²) < 4.78 is 19.4. The highest BCUT2D eigenvalue weighted by molar-refractivity contribution is 9.10. The molecule has 1 aromatic heterocycles. The summed E-state index contributed by atoms with van der Waals surface area (Å²) in [7, 11) is 1.59. The number of rotatable bonds is 4. The van der Waals surface area contributed by atoms with Gasteiger partial charge in [0.2, 0.25) is 0 Å². The molecule has 0 radical (unpaired) electrons. The number of carbonyl (C=O) groups excluding carboxylic acids is 1. The number of hydrogen-bond donors (Lipinski definition) is 0. The van der Waals surface area contributed by atoms with Gasteiger partial charge in [0.1, 0.15) is 18.1 Å². The molecular weight excluding hydrogens is 364 g/mol. The lowest BCUT2D eigenvalue weighted by atomic mass is 10.2.